The smallest absolute Gasteiger partial charge is 0.262 e. The maximum Gasteiger partial charge on any atom is 0.262 e. The molecule has 0 fully saturated rings. The van der Waals surface area contributed by atoms with Crippen molar-refractivity contribution in [3.8, 4) is 5.75 Å². The highest BCUT2D eigenvalue weighted by atomic mass is 16.5. The van der Waals surface area contributed by atoms with E-state index in [-0.39, 0.29) is 18.3 Å². The van der Waals surface area contributed by atoms with E-state index in [4.69, 9.17) is 4.74 Å². The van der Waals surface area contributed by atoms with Crippen molar-refractivity contribution in [1.29, 1.82) is 0 Å². The lowest BCUT2D eigenvalue weighted by Gasteiger charge is -2.11. The molecule has 0 spiro atoms. The summed E-state index contributed by atoms with van der Waals surface area (Å²) < 4.78 is 5.64. The topological polar surface area (TPSA) is 55.4 Å². The third-order valence-electron chi connectivity index (χ3n) is 4.57. The van der Waals surface area contributed by atoms with E-state index in [1.165, 1.54) is 0 Å². The monoisotopic (exact) mass is 381 g/mol. The first-order valence-corrected chi connectivity index (χ1v) is 9.31. The molecule has 0 heterocycles. The van der Waals surface area contributed by atoms with Gasteiger partial charge in [0.15, 0.2) is 12.4 Å². The van der Waals surface area contributed by atoms with Crippen molar-refractivity contribution in [2.75, 3.05) is 11.9 Å². The Hall–Kier alpha value is -3.92. The van der Waals surface area contributed by atoms with Crippen LogP contribution >= 0.6 is 0 Å². The van der Waals surface area contributed by atoms with E-state index in [1.807, 2.05) is 60.7 Å². The Balaban J connectivity index is 1.45. The van der Waals surface area contributed by atoms with Crippen LogP contribution < -0.4 is 10.1 Å². The molecule has 0 aliphatic carbocycles. The minimum absolute atomic E-state index is 0.142. The maximum absolute atomic E-state index is 12.8. The number of ether oxygens (including phenoxy) is 1. The standard InChI is InChI=1S/C25H19NO3/c27-24(17-29-21-15-14-18-8-4-5-11-20(18)16-21)26-23-13-7-6-12-22(23)25(28)19-9-2-1-3-10-19/h1-16H,17H2,(H,26,27). The van der Waals surface area contributed by atoms with Gasteiger partial charge in [0.1, 0.15) is 5.75 Å². The molecule has 4 aromatic carbocycles. The van der Waals surface area contributed by atoms with Crippen molar-refractivity contribution >= 4 is 28.2 Å². The Morgan fingerprint density at radius 1 is 0.724 bits per heavy atom. The quantitative estimate of drug-likeness (QED) is 0.474. The lowest BCUT2D eigenvalue weighted by Crippen LogP contribution is -2.21. The summed E-state index contributed by atoms with van der Waals surface area (Å²) in [4.78, 5) is 25.2. The van der Waals surface area contributed by atoms with E-state index in [0.29, 0.717) is 22.6 Å². The fourth-order valence-corrected chi connectivity index (χ4v) is 3.13. The molecule has 142 valence electrons. The molecule has 0 atom stereocenters. The van der Waals surface area contributed by atoms with Crippen LogP contribution in [0.3, 0.4) is 0 Å². The summed E-state index contributed by atoms with van der Waals surface area (Å²) in [5.74, 6) is 0.149. The Bertz CT molecular complexity index is 1170. The van der Waals surface area contributed by atoms with Gasteiger partial charge in [0.2, 0.25) is 0 Å². The molecule has 0 aliphatic heterocycles. The average molecular weight is 381 g/mol. The van der Waals surface area contributed by atoms with Gasteiger partial charge in [0, 0.05) is 11.1 Å². The Kier molecular flexibility index (Phi) is 5.34. The number of rotatable bonds is 6. The number of benzene rings is 4. The van der Waals surface area contributed by atoms with Gasteiger partial charge in [0.05, 0.1) is 5.69 Å². The van der Waals surface area contributed by atoms with E-state index in [1.54, 1.807) is 36.4 Å². The first-order valence-electron chi connectivity index (χ1n) is 9.31. The molecule has 4 heteroatoms. The molecule has 1 N–H and O–H groups in total. The molecule has 0 saturated carbocycles. The first kappa shape index (κ1) is 18.4. The molecule has 0 aromatic heterocycles. The van der Waals surface area contributed by atoms with Crippen LogP contribution in [0.2, 0.25) is 0 Å². The van der Waals surface area contributed by atoms with Gasteiger partial charge in [-0.05, 0) is 35.0 Å². The maximum atomic E-state index is 12.8. The Morgan fingerprint density at radius 2 is 1.41 bits per heavy atom. The van der Waals surface area contributed by atoms with Gasteiger partial charge < -0.3 is 10.1 Å². The molecule has 0 saturated heterocycles. The van der Waals surface area contributed by atoms with Crippen LogP contribution in [0.5, 0.6) is 5.75 Å². The van der Waals surface area contributed by atoms with Crippen LogP contribution in [-0.4, -0.2) is 18.3 Å². The van der Waals surface area contributed by atoms with Gasteiger partial charge in [-0.3, -0.25) is 9.59 Å². The molecule has 4 nitrogen and oxygen atoms in total. The molecule has 0 bridgehead atoms. The first-order chi connectivity index (χ1) is 14.2. The summed E-state index contributed by atoms with van der Waals surface area (Å²) in [6.45, 7) is -0.147. The lowest BCUT2D eigenvalue weighted by atomic mass is 10.0. The number of anilines is 1. The van der Waals surface area contributed by atoms with E-state index >= 15 is 0 Å². The van der Waals surface area contributed by atoms with E-state index < -0.39 is 0 Å². The van der Waals surface area contributed by atoms with Crippen molar-refractivity contribution in [1.82, 2.24) is 0 Å². The minimum Gasteiger partial charge on any atom is -0.484 e. The van der Waals surface area contributed by atoms with Crippen molar-refractivity contribution in [2.24, 2.45) is 0 Å². The fraction of sp³-hybridized carbons (Fsp3) is 0.0400. The summed E-state index contributed by atoms with van der Waals surface area (Å²) in [5.41, 5.74) is 1.48. The molecule has 1 amide bonds. The molecule has 4 aromatic rings. The summed E-state index contributed by atoms with van der Waals surface area (Å²) >= 11 is 0. The second kappa shape index (κ2) is 8.40. The number of hydrogen-bond acceptors (Lipinski definition) is 3. The van der Waals surface area contributed by atoms with Crippen LogP contribution in [0.4, 0.5) is 5.69 Å². The van der Waals surface area contributed by atoms with Gasteiger partial charge in [-0.25, -0.2) is 0 Å². The van der Waals surface area contributed by atoms with Gasteiger partial charge in [-0.15, -0.1) is 0 Å². The number of fused-ring (bicyclic) bond motifs is 1. The van der Waals surface area contributed by atoms with Crippen molar-refractivity contribution in [3.05, 3.63) is 108 Å². The van der Waals surface area contributed by atoms with E-state index in [9.17, 15) is 9.59 Å². The van der Waals surface area contributed by atoms with Gasteiger partial charge in [-0.1, -0.05) is 72.8 Å². The summed E-state index contributed by atoms with van der Waals surface area (Å²) in [6, 6.07) is 29.6. The number of ketones is 1. The Labute approximate surface area is 168 Å². The Morgan fingerprint density at radius 3 is 2.24 bits per heavy atom. The van der Waals surface area contributed by atoms with E-state index in [0.717, 1.165) is 10.8 Å². The van der Waals surface area contributed by atoms with Crippen LogP contribution in [-0.2, 0) is 4.79 Å². The zero-order valence-electron chi connectivity index (χ0n) is 15.7. The lowest BCUT2D eigenvalue weighted by molar-refractivity contribution is -0.118. The number of carbonyl (C=O) groups is 2. The van der Waals surface area contributed by atoms with Gasteiger partial charge in [-0.2, -0.15) is 0 Å². The van der Waals surface area contributed by atoms with Crippen molar-refractivity contribution < 1.29 is 14.3 Å². The summed E-state index contributed by atoms with van der Waals surface area (Å²) in [5, 5.41) is 4.94. The zero-order chi connectivity index (χ0) is 20.1. The number of nitrogens with one attached hydrogen (secondary N) is 1. The van der Waals surface area contributed by atoms with Crippen molar-refractivity contribution in [2.45, 2.75) is 0 Å². The van der Waals surface area contributed by atoms with Crippen LogP contribution in [0.1, 0.15) is 15.9 Å². The third-order valence-corrected chi connectivity index (χ3v) is 4.57. The molecule has 4 rings (SSSR count). The second-order valence-electron chi connectivity index (χ2n) is 6.59. The second-order valence-corrected chi connectivity index (χ2v) is 6.59. The highest BCUT2D eigenvalue weighted by Crippen LogP contribution is 2.21. The van der Waals surface area contributed by atoms with Crippen LogP contribution in [0.25, 0.3) is 10.8 Å². The van der Waals surface area contributed by atoms with Crippen LogP contribution in [0, 0.1) is 0 Å². The number of carbonyl (C=O) groups excluding carboxylic acids is 2. The number of hydrogen-bond donors (Lipinski definition) is 1. The predicted molar refractivity (Wildman–Crippen MR) is 114 cm³/mol. The molecular weight excluding hydrogens is 362 g/mol. The highest BCUT2D eigenvalue weighted by Gasteiger charge is 2.15. The zero-order valence-corrected chi connectivity index (χ0v) is 15.7. The molecular formula is C25H19NO3. The fourth-order valence-electron chi connectivity index (χ4n) is 3.13. The van der Waals surface area contributed by atoms with E-state index in [2.05, 4.69) is 5.32 Å². The average Bonchev–Trinajstić information content (AvgIpc) is 2.78. The molecule has 0 aliphatic rings. The largest absolute Gasteiger partial charge is 0.484 e. The van der Waals surface area contributed by atoms with Gasteiger partial charge in [0.25, 0.3) is 5.91 Å². The number of para-hydroxylation sites is 1. The summed E-state index contributed by atoms with van der Waals surface area (Å²) in [6.07, 6.45) is 0. The molecule has 29 heavy (non-hydrogen) atoms. The van der Waals surface area contributed by atoms with Gasteiger partial charge >= 0.3 is 0 Å². The molecule has 0 radical (unpaired) electrons. The SMILES string of the molecule is O=C(COc1ccc2ccccc2c1)Nc1ccccc1C(=O)c1ccccc1. The highest BCUT2D eigenvalue weighted by molar-refractivity contribution is 6.13. The number of amides is 1. The summed E-state index contributed by atoms with van der Waals surface area (Å²) in [7, 11) is 0. The minimum atomic E-state index is -0.327. The normalized spacial score (nSPS) is 10.5. The predicted octanol–water partition coefficient (Wildman–Crippen LogP) is 5.09. The third kappa shape index (κ3) is 4.33. The van der Waals surface area contributed by atoms with Crippen LogP contribution in [0.15, 0.2) is 97.1 Å². The van der Waals surface area contributed by atoms with Crippen molar-refractivity contribution in [3.63, 3.8) is 0 Å². The molecule has 0 unspecified atom stereocenters.